The van der Waals surface area contributed by atoms with Gasteiger partial charge < -0.3 is 10.0 Å². The SMILES string of the molecule is C[C@@H]1CN(Cc2ccccc2)C[C@H]1C(=O)N1CC(O)(CC#N)C1. The Morgan fingerprint density at radius 2 is 2.04 bits per heavy atom. The highest BCUT2D eigenvalue weighted by atomic mass is 16.3. The summed E-state index contributed by atoms with van der Waals surface area (Å²) in [6.07, 6.45) is 0.0944. The van der Waals surface area contributed by atoms with Gasteiger partial charge in [0.2, 0.25) is 5.91 Å². The summed E-state index contributed by atoms with van der Waals surface area (Å²) in [6, 6.07) is 12.3. The molecule has 2 atom stereocenters. The van der Waals surface area contributed by atoms with Crippen molar-refractivity contribution in [2.24, 2.45) is 11.8 Å². The van der Waals surface area contributed by atoms with E-state index in [1.54, 1.807) is 4.90 Å². The first-order valence-corrected chi connectivity index (χ1v) is 8.15. The Bertz CT molecular complexity index is 604. The number of nitrogens with zero attached hydrogens (tertiary/aromatic N) is 3. The molecule has 2 fully saturated rings. The van der Waals surface area contributed by atoms with Crippen molar-refractivity contribution in [2.75, 3.05) is 26.2 Å². The minimum atomic E-state index is -0.990. The first-order valence-electron chi connectivity index (χ1n) is 8.15. The number of β-amino-alcohol motifs (C(OH)–C–C–N with tert-alkyl or cyclic N) is 1. The average Bonchev–Trinajstić information content (AvgIpc) is 2.86. The highest BCUT2D eigenvalue weighted by Crippen LogP contribution is 2.31. The molecule has 1 amide bonds. The van der Waals surface area contributed by atoms with E-state index in [-0.39, 0.29) is 18.2 Å². The first kappa shape index (κ1) is 16.0. The molecule has 122 valence electrons. The molecule has 3 rings (SSSR count). The largest absolute Gasteiger partial charge is 0.385 e. The molecule has 1 aromatic rings. The van der Waals surface area contributed by atoms with Crippen molar-refractivity contribution in [3.05, 3.63) is 35.9 Å². The summed E-state index contributed by atoms with van der Waals surface area (Å²) in [7, 11) is 0. The number of carbonyl (C=O) groups is 1. The van der Waals surface area contributed by atoms with Crippen LogP contribution < -0.4 is 0 Å². The number of benzene rings is 1. The van der Waals surface area contributed by atoms with Crippen molar-refractivity contribution in [3.63, 3.8) is 0 Å². The third-order valence-electron chi connectivity index (χ3n) is 4.94. The van der Waals surface area contributed by atoms with Crippen LogP contribution in [-0.2, 0) is 11.3 Å². The van der Waals surface area contributed by atoms with E-state index in [0.717, 1.165) is 19.6 Å². The maximum absolute atomic E-state index is 12.6. The lowest BCUT2D eigenvalue weighted by Crippen LogP contribution is -2.64. The van der Waals surface area contributed by atoms with Crippen LogP contribution in [0.3, 0.4) is 0 Å². The summed E-state index contributed by atoms with van der Waals surface area (Å²) in [6.45, 7) is 5.26. The minimum Gasteiger partial charge on any atom is -0.385 e. The van der Waals surface area contributed by atoms with Crippen LogP contribution in [0.4, 0.5) is 0 Å². The number of likely N-dealkylation sites (tertiary alicyclic amines) is 2. The molecule has 0 spiro atoms. The van der Waals surface area contributed by atoms with E-state index in [1.165, 1.54) is 5.56 Å². The highest BCUT2D eigenvalue weighted by Gasteiger charge is 2.47. The molecule has 2 aliphatic rings. The normalized spacial score (nSPS) is 26.6. The van der Waals surface area contributed by atoms with Crippen molar-refractivity contribution in [2.45, 2.75) is 25.5 Å². The van der Waals surface area contributed by atoms with E-state index < -0.39 is 5.60 Å². The Labute approximate surface area is 137 Å². The van der Waals surface area contributed by atoms with Crippen LogP contribution in [0.15, 0.2) is 30.3 Å². The summed E-state index contributed by atoms with van der Waals surface area (Å²) in [4.78, 5) is 16.7. The zero-order chi connectivity index (χ0) is 16.4. The van der Waals surface area contributed by atoms with Gasteiger partial charge in [-0.3, -0.25) is 9.69 Å². The summed E-state index contributed by atoms with van der Waals surface area (Å²) >= 11 is 0. The van der Waals surface area contributed by atoms with Gasteiger partial charge in [-0.15, -0.1) is 0 Å². The Morgan fingerprint density at radius 3 is 2.70 bits per heavy atom. The molecule has 2 aliphatic heterocycles. The predicted molar refractivity (Wildman–Crippen MR) is 86.1 cm³/mol. The quantitative estimate of drug-likeness (QED) is 0.908. The van der Waals surface area contributed by atoms with E-state index in [1.807, 2.05) is 24.3 Å². The number of carbonyl (C=O) groups excluding carboxylic acids is 1. The topological polar surface area (TPSA) is 67.6 Å². The van der Waals surface area contributed by atoms with Gasteiger partial charge in [0.05, 0.1) is 31.5 Å². The van der Waals surface area contributed by atoms with E-state index >= 15 is 0 Å². The molecular weight excluding hydrogens is 290 g/mol. The summed E-state index contributed by atoms with van der Waals surface area (Å²) in [5, 5.41) is 18.8. The van der Waals surface area contributed by atoms with Gasteiger partial charge >= 0.3 is 0 Å². The maximum Gasteiger partial charge on any atom is 0.227 e. The Morgan fingerprint density at radius 1 is 1.35 bits per heavy atom. The fraction of sp³-hybridized carbons (Fsp3) is 0.556. The number of rotatable bonds is 4. The third-order valence-corrected chi connectivity index (χ3v) is 4.94. The number of aliphatic hydroxyl groups is 1. The molecule has 2 heterocycles. The van der Waals surface area contributed by atoms with Crippen molar-refractivity contribution in [3.8, 4) is 6.07 Å². The van der Waals surface area contributed by atoms with Crippen LogP contribution in [0.25, 0.3) is 0 Å². The van der Waals surface area contributed by atoms with E-state index in [9.17, 15) is 9.90 Å². The van der Waals surface area contributed by atoms with Crippen LogP contribution in [0.5, 0.6) is 0 Å². The Balaban J connectivity index is 1.55. The molecule has 0 aliphatic carbocycles. The Hall–Kier alpha value is -1.90. The van der Waals surface area contributed by atoms with Gasteiger partial charge in [-0.25, -0.2) is 0 Å². The molecule has 0 radical (unpaired) electrons. The molecule has 0 aromatic heterocycles. The van der Waals surface area contributed by atoms with Crippen LogP contribution in [0.1, 0.15) is 18.9 Å². The molecular formula is C18H23N3O2. The van der Waals surface area contributed by atoms with Gasteiger partial charge in [-0.2, -0.15) is 5.26 Å². The summed E-state index contributed by atoms with van der Waals surface area (Å²) < 4.78 is 0. The lowest BCUT2D eigenvalue weighted by atomic mass is 9.88. The first-order chi connectivity index (χ1) is 11.0. The smallest absolute Gasteiger partial charge is 0.227 e. The second kappa shape index (κ2) is 6.31. The zero-order valence-electron chi connectivity index (χ0n) is 13.5. The molecule has 2 saturated heterocycles. The lowest BCUT2D eigenvalue weighted by molar-refractivity contribution is -0.159. The molecule has 1 aromatic carbocycles. The van der Waals surface area contributed by atoms with Crippen molar-refractivity contribution in [1.82, 2.24) is 9.80 Å². The zero-order valence-corrected chi connectivity index (χ0v) is 13.5. The summed E-state index contributed by atoms with van der Waals surface area (Å²) in [5.74, 6) is 0.428. The van der Waals surface area contributed by atoms with Crippen LogP contribution in [0.2, 0.25) is 0 Å². The van der Waals surface area contributed by atoms with Crippen molar-refractivity contribution in [1.29, 1.82) is 5.26 Å². The van der Waals surface area contributed by atoms with Gasteiger partial charge in [0.15, 0.2) is 0 Å². The molecule has 5 nitrogen and oxygen atoms in total. The number of hydrogen-bond donors (Lipinski definition) is 1. The maximum atomic E-state index is 12.6. The van der Waals surface area contributed by atoms with Gasteiger partial charge in [-0.05, 0) is 11.5 Å². The van der Waals surface area contributed by atoms with Gasteiger partial charge in [-0.1, -0.05) is 37.3 Å². The minimum absolute atomic E-state index is 0.00894. The molecule has 1 N–H and O–H groups in total. The van der Waals surface area contributed by atoms with E-state index in [0.29, 0.717) is 19.0 Å². The highest BCUT2D eigenvalue weighted by molar-refractivity contribution is 5.81. The third kappa shape index (κ3) is 3.39. The van der Waals surface area contributed by atoms with Gasteiger partial charge in [0.25, 0.3) is 0 Å². The number of nitriles is 1. The monoisotopic (exact) mass is 313 g/mol. The number of hydrogen-bond acceptors (Lipinski definition) is 4. The Kier molecular flexibility index (Phi) is 4.38. The summed E-state index contributed by atoms with van der Waals surface area (Å²) in [5.41, 5.74) is 0.274. The fourth-order valence-corrected chi connectivity index (χ4v) is 3.67. The van der Waals surface area contributed by atoms with E-state index in [2.05, 4.69) is 24.0 Å². The van der Waals surface area contributed by atoms with Crippen molar-refractivity contribution >= 4 is 5.91 Å². The predicted octanol–water partition coefficient (Wildman–Crippen LogP) is 1.24. The van der Waals surface area contributed by atoms with Crippen LogP contribution in [-0.4, -0.2) is 52.6 Å². The molecule has 0 bridgehead atoms. The van der Waals surface area contributed by atoms with Crippen molar-refractivity contribution < 1.29 is 9.90 Å². The second-order valence-electron chi connectivity index (χ2n) is 7.02. The van der Waals surface area contributed by atoms with E-state index in [4.69, 9.17) is 5.26 Å². The van der Waals surface area contributed by atoms with Crippen LogP contribution in [0, 0.1) is 23.2 Å². The molecule has 23 heavy (non-hydrogen) atoms. The second-order valence-corrected chi connectivity index (χ2v) is 7.02. The van der Waals surface area contributed by atoms with Gasteiger partial charge in [0, 0.05) is 19.6 Å². The van der Waals surface area contributed by atoms with Crippen LogP contribution >= 0.6 is 0 Å². The standard InChI is InChI=1S/C18H23N3O2/c1-14-9-20(10-15-5-3-2-4-6-15)11-16(14)17(22)21-12-18(23,13-21)7-8-19/h2-6,14,16,23H,7,9-13H2,1H3/t14-,16-/m1/s1. The van der Waals surface area contributed by atoms with Gasteiger partial charge in [0.1, 0.15) is 5.60 Å². The lowest BCUT2D eigenvalue weighted by Gasteiger charge is -2.46. The fourth-order valence-electron chi connectivity index (χ4n) is 3.67. The molecule has 0 unspecified atom stereocenters. The number of amides is 1. The molecule has 0 saturated carbocycles. The molecule has 5 heteroatoms. The average molecular weight is 313 g/mol.